The molecule has 0 aliphatic carbocycles. The summed E-state index contributed by atoms with van der Waals surface area (Å²) in [6.45, 7) is 8.16. The van der Waals surface area contributed by atoms with Gasteiger partial charge in [-0.2, -0.15) is 0 Å². The van der Waals surface area contributed by atoms with Crippen molar-refractivity contribution in [2.45, 2.75) is 33.2 Å². The number of hydrogen-bond acceptors (Lipinski definition) is 1. The van der Waals surface area contributed by atoms with Crippen LogP contribution in [0.25, 0.3) is 0 Å². The zero-order valence-corrected chi connectivity index (χ0v) is 8.09. The molecule has 0 saturated heterocycles. The van der Waals surface area contributed by atoms with E-state index >= 15 is 0 Å². The van der Waals surface area contributed by atoms with Crippen LogP contribution in [0.2, 0.25) is 0 Å². The molecule has 0 amide bonds. The Morgan fingerprint density at radius 2 is 1.92 bits per heavy atom. The second-order valence-corrected chi connectivity index (χ2v) is 4.07. The lowest BCUT2D eigenvalue weighted by molar-refractivity contribution is 0.393. The summed E-state index contributed by atoms with van der Waals surface area (Å²) in [6, 6.07) is 1.61. The number of aryl methyl sites for hydroxylation is 1. The molecule has 0 aliphatic heterocycles. The molecule has 0 bridgehead atoms. The van der Waals surface area contributed by atoms with Crippen LogP contribution in [-0.4, -0.2) is 4.57 Å². The molecule has 0 aliphatic rings. The molecule has 0 aromatic carbocycles. The predicted octanol–water partition coefficient (Wildman–Crippen LogP) is 1.91. The van der Waals surface area contributed by atoms with Gasteiger partial charge in [-0.3, -0.25) is 4.79 Å². The summed E-state index contributed by atoms with van der Waals surface area (Å²) in [5, 5.41) is 0. The van der Waals surface area contributed by atoms with Crippen LogP contribution >= 0.6 is 0 Å². The van der Waals surface area contributed by atoms with Gasteiger partial charge in [-0.25, -0.2) is 0 Å². The Balaban J connectivity index is 3.23. The second-order valence-electron chi connectivity index (χ2n) is 4.07. The average Bonchev–Trinajstić information content (AvgIpc) is 1.92. The topological polar surface area (TPSA) is 22.0 Å². The van der Waals surface area contributed by atoms with Gasteiger partial charge in [-0.15, -0.1) is 0 Å². The van der Waals surface area contributed by atoms with Gasteiger partial charge in [0.25, 0.3) is 0 Å². The normalized spacial score (nSPS) is 11.7. The van der Waals surface area contributed by atoms with Gasteiger partial charge < -0.3 is 4.57 Å². The second kappa shape index (κ2) is 2.77. The monoisotopic (exact) mass is 165 g/mol. The highest BCUT2D eigenvalue weighted by molar-refractivity contribution is 5.09. The maximum Gasteiger partial charge on any atom is 0.184 e. The van der Waals surface area contributed by atoms with Crippen molar-refractivity contribution in [1.82, 2.24) is 4.57 Å². The smallest absolute Gasteiger partial charge is 0.184 e. The first-order valence-corrected chi connectivity index (χ1v) is 4.10. The van der Waals surface area contributed by atoms with Gasteiger partial charge in [0, 0.05) is 29.6 Å². The van der Waals surface area contributed by atoms with Crippen molar-refractivity contribution in [1.29, 1.82) is 0 Å². The van der Waals surface area contributed by atoms with E-state index in [0.29, 0.717) is 0 Å². The average molecular weight is 165 g/mol. The molecule has 66 valence electrons. The Morgan fingerprint density at radius 3 is 2.33 bits per heavy atom. The van der Waals surface area contributed by atoms with E-state index in [-0.39, 0.29) is 11.0 Å². The van der Waals surface area contributed by atoms with Crippen molar-refractivity contribution in [2.24, 2.45) is 0 Å². The molecule has 0 N–H and O–H groups in total. The summed E-state index contributed by atoms with van der Waals surface area (Å²) in [4.78, 5) is 11.1. The first-order chi connectivity index (χ1) is 5.41. The Morgan fingerprint density at radius 1 is 1.33 bits per heavy atom. The summed E-state index contributed by atoms with van der Waals surface area (Å²) in [7, 11) is 0. The lowest BCUT2D eigenvalue weighted by Crippen LogP contribution is -2.23. The highest BCUT2D eigenvalue weighted by Gasteiger charge is 2.10. The number of nitrogens with zero attached hydrogens (tertiary/aromatic N) is 1. The molecule has 0 unspecified atom stereocenters. The molecule has 0 fully saturated rings. The zero-order valence-electron chi connectivity index (χ0n) is 8.09. The highest BCUT2D eigenvalue weighted by Crippen LogP contribution is 2.12. The summed E-state index contributed by atoms with van der Waals surface area (Å²) < 4.78 is 2.05. The third-order valence-electron chi connectivity index (χ3n) is 1.88. The van der Waals surface area contributed by atoms with E-state index in [0.717, 1.165) is 5.56 Å². The Hall–Kier alpha value is -1.05. The fourth-order valence-electron chi connectivity index (χ4n) is 1.01. The van der Waals surface area contributed by atoms with Crippen LogP contribution in [0.4, 0.5) is 0 Å². The molecule has 1 rings (SSSR count). The fourth-order valence-corrected chi connectivity index (χ4v) is 1.01. The molecular formula is C10H15NO. The SMILES string of the molecule is Cc1cn(C(C)(C)C)ccc1=O. The lowest BCUT2D eigenvalue weighted by Gasteiger charge is -2.23. The highest BCUT2D eigenvalue weighted by atomic mass is 16.1. The molecule has 12 heavy (non-hydrogen) atoms. The van der Waals surface area contributed by atoms with E-state index < -0.39 is 0 Å². The minimum atomic E-state index is 0.0540. The van der Waals surface area contributed by atoms with Gasteiger partial charge in [0.1, 0.15) is 0 Å². The van der Waals surface area contributed by atoms with Gasteiger partial charge >= 0.3 is 0 Å². The standard InChI is InChI=1S/C10H15NO/c1-8-7-11(10(2,3)4)6-5-9(8)12/h5-7H,1-4H3. The van der Waals surface area contributed by atoms with Crippen LogP contribution in [0.1, 0.15) is 26.3 Å². The van der Waals surface area contributed by atoms with Crippen molar-refractivity contribution >= 4 is 0 Å². The minimum absolute atomic E-state index is 0.0540. The third-order valence-corrected chi connectivity index (χ3v) is 1.88. The molecule has 2 heteroatoms. The van der Waals surface area contributed by atoms with Gasteiger partial charge in [-0.1, -0.05) is 0 Å². The molecule has 1 aromatic rings. The van der Waals surface area contributed by atoms with E-state index in [1.807, 2.05) is 23.9 Å². The zero-order chi connectivity index (χ0) is 9.35. The van der Waals surface area contributed by atoms with Crippen molar-refractivity contribution in [3.63, 3.8) is 0 Å². The van der Waals surface area contributed by atoms with Crippen molar-refractivity contribution in [2.75, 3.05) is 0 Å². The van der Waals surface area contributed by atoms with Crippen LogP contribution < -0.4 is 5.43 Å². The number of rotatable bonds is 0. The van der Waals surface area contributed by atoms with Crippen LogP contribution in [0.5, 0.6) is 0 Å². The fraction of sp³-hybridized carbons (Fsp3) is 0.500. The summed E-state index contributed by atoms with van der Waals surface area (Å²) in [6.07, 6.45) is 3.72. The number of aromatic nitrogens is 1. The Labute approximate surface area is 72.8 Å². The quantitative estimate of drug-likeness (QED) is 0.575. The van der Waals surface area contributed by atoms with Crippen LogP contribution in [0.15, 0.2) is 23.3 Å². The van der Waals surface area contributed by atoms with E-state index in [2.05, 4.69) is 20.8 Å². The van der Waals surface area contributed by atoms with Crippen LogP contribution in [0.3, 0.4) is 0 Å². The maximum atomic E-state index is 11.1. The third kappa shape index (κ3) is 1.76. The van der Waals surface area contributed by atoms with Crippen LogP contribution in [-0.2, 0) is 5.54 Å². The van der Waals surface area contributed by atoms with E-state index in [4.69, 9.17) is 0 Å². The Kier molecular flexibility index (Phi) is 2.09. The van der Waals surface area contributed by atoms with E-state index in [9.17, 15) is 4.79 Å². The predicted molar refractivity (Wildman–Crippen MR) is 50.4 cm³/mol. The Bertz CT molecular complexity index is 330. The summed E-state index contributed by atoms with van der Waals surface area (Å²) in [5.74, 6) is 0. The first-order valence-electron chi connectivity index (χ1n) is 4.10. The van der Waals surface area contributed by atoms with Crippen molar-refractivity contribution < 1.29 is 0 Å². The number of pyridine rings is 1. The van der Waals surface area contributed by atoms with E-state index in [1.54, 1.807) is 6.07 Å². The number of hydrogen-bond donors (Lipinski definition) is 0. The van der Waals surface area contributed by atoms with Crippen molar-refractivity contribution in [3.05, 3.63) is 34.2 Å². The molecule has 0 spiro atoms. The van der Waals surface area contributed by atoms with Crippen LogP contribution in [0, 0.1) is 6.92 Å². The van der Waals surface area contributed by atoms with Gasteiger partial charge in [-0.05, 0) is 27.7 Å². The van der Waals surface area contributed by atoms with Gasteiger partial charge in [0.2, 0.25) is 0 Å². The summed E-state index contributed by atoms with van der Waals surface area (Å²) >= 11 is 0. The molecule has 2 nitrogen and oxygen atoms in total. The van der Waals surface area contributed by atoms with E-state index in [1.165, 1.54) is 0 Å². The molecule has 0 radical (unpaired) electrons. The molecule has 1 aromatic heterocycles. The molecule has 0 atom stereocenters. The first kappa shape index (κ1) is 9.04. The molecule has 0 saturated carbocycles. The van der Waals surface area contributed by atoms with Gasteiger partial charge in [0.05, 0.1) is 0 Å². The molecule has 1 heterocycles. The lowest BCUT2D eigenvalue weighted by atomic mass is 10.1. The molecular weight excluding hydrogens is 150 g/mol. The van der Waals surface area contributed by atoms with Crippen molar-refractivity contribution in [3.8, 4) is 0 Å². The van der Waals surface area contributed by atoms with Gasteiger partial charge in [0.15, 0.2) is 5.43 Å². The summed E-state index contributed by atoms with van der Waals surface area (Å²) in [5.41, 5.74) is 0.960. The minimum Gasteiger partial charge on any atom is -0.349 e. The largest absolute Gasteiger partial charge is 0.349 e. The maximum absolute atomic E-state index is 11.1.